The fourth-order valence-electron chi connectivity index (χ4n) is 2.59. The van der Waals surface area contributed by atoms with Gasteiger partial charge in [-0.15, -0.1) is 0 Å². The first kappa shape index (κ1) is 16.1. The smallest absolute Gasteiger partial charge is 0.125 e. The highest BCUT2D eigenvalue weighted by Crippen LogP contribution is 2.32. The lowest BCUT2D eigenvalue weighted by Gasteiger charge is -2.20. The molecule has 2 aromatic rings. The number of ether oxygens (including phenoxy) is 1. The second-order valence-corrected chi connectivity index (χ2v) is 6.02. The van der Waals surface area contributed by atoms with E-state index >= 15 is 0 Å². The minimum atomic E-state index is 0.128. The molecular weight excluding hydrogens is 326 g/mol. The molecule has 2 nitrogen and oxygen atoms in total. The molecule has 0 saturated carbocycles. The van der Waals surface area contributed by atoms with Gasteiger partial charge >= 0.3 is 0 Å². The number of benzene rings is 2. The molecule has 0 saturated heterocycles. The molecule has 112 valence electrons. The second-order valence-electron chi connectivity index (χ2n) is 5.10. The molecule has 0 radical (unpaired) electrons. The maximum absolute atomic E-state index is 5.52. The minimum absolute atomic E-state index is 0.128. The molecule has 0 fully saturated rings. The Hall–Kier alpha value is -1.32. The van der Waals surface area contributed by atoms with Crippen LogP contribution >= 0.6 is 15.9 Å². The van der Waals surface area contributed by atoms with Gasteiger partial charge in [0.15, 0.2) is 0 Å². The number of aryl methyl sites for hydroxylation is 1. The molecule has 2 rings (SSSR count). The van der Waals surface area contributed by atoms with Crippen LogP contribution in [0.4, 0.5) is 0 Å². The Morgan fingerprint density at radius 2 is 1.86 bits per heavy atom. The van der Waals surface area contributed by atoms with Crippen molar-refractivity contribution in [3.63, 3.8) is 0 Å². The first-order chi connectivity index (χ1) is 10.2. The molecule has 1 atom stereocenters. The normalized spacial score (nSPS) is 12.2. The van der Waals surface area contributed by atoms with Crippen molar-refractivity contribution in [2.24, 2.45) is 0 Å². The second kappa shape index (κ2) is 7.62. The van der Waals surface area contributed by atoms with Gasteiger partial charge in [-0.2, -0.15) is 0 Å². The molecule has 0 aliphatic rings. The summed E-state index contributed by atoms with van der Waals surface area (Å²) < 4.78 is 6.55. The van der Waals surface area contributed by atoms with E-state index in [9.17, 15) is 0 Å². The van der Waals surface area contributed by atoms with E-state index in [0.29, 0.717) is 0 Å². The summed E-state index contributed by atoms with van der Waals surface area (Å²) in [5.41, 5.74) is 3.78. The van der Waals surface area contributed by atoms with Gasteiger partial charge in [0.1, 0.15) is 5.75 Å². The van der Waals surface area contributed by atoms with E-state index in [2.05, 4.69) is 58.5 Å². The van der Waals surface area contributed by atoms with Crippen molar-refractivity contribution in [2.75, 3.05) is 14.2 Å². The van der Waals surface area contributed by atoms with Gasteiger partial charge in [0, 0.05) is 10.0 Å². The van der Waals surface area contributed by atoms with Gasteiger partial charge in [-0.25, -0.2) is 0 Å². The summed E-state index contributed by atoms with van der Waals surface area (Å²) in [4.78, 5) is 0. The molecule has 0 amide bonds. The summed E-state index contributed by atoms with van der Waals surface area (Å²) in [7, 11) is 3.69. The first-order valence-electron chi connectivity index (χ1n) is 7.29. The molecule has 1 unspecified atom stereocenters. The zero-order valence-corrected chi connectivity index (χ0v) is 14.4. The molecular formula is C18H22BrNO. The SMILES string of the molecule is CCCc1ccc(C(NC)c2ccc(Br)cc2OC)cc1. The number of hydrogen-bond acceptors (Lipinski definition) is 2. The van der Waals surface area contributed by atoms with Crippen molar-refractivity contribution in [1.29, 1.82) is 0 Å². The molecule has 3 heteroatoms. The molecule has 0 heterocycles. The number of methoxy groups -OCH3 is 1. The number of halogens is 1. The predicted octanol–water partition coefficient (Wildman–Crippen LogP) is 4.72. The third kappa shape index (κ3) is 3.86. The largest absolute Gasteiger partial charge is 0.496 e. The zero-order chi connectivity index (χ0) is 15.2. The van der Waals surface area contributed by atoms with Crippen LogP contribution in [-0.4, -0.2) is 14.2 Å². The summed E-state index contributed by atoms with van der Waals surface area (Å²) in [6.07, 6.45) is 2.31. The number of hydrogen-bond donors (Lipinski definition) is 1. The van der Waals surface area contributed by atoms with Crippen LogP contribution in [0.2, 0.25) is 0 Å². The van der Waals surface area contributed by atoms with Crippen LogP contribution in [0.15, 0.2) is 46.9 Å². The molecule has 0 spiro atoms. The maximum atomic E-state index is 5.52. The van der Waals surface area contributed by atoms with Gasteiger partial charge in [-0.1, -0.05) is 59.6 Å². The van der Waals surface area contributed by atoms with Crippen molar-refractivity contribution < 1.29 is 4.74 Å². The highest BCUT2D eigenvalue weighted by Gasteiger charge is 2.16. The van der Waals surface area contributed by atoms with E-state index < -0.39 is 0 Å². The fourth-order valence-corrected chi connectivity index (χ4v) is 2.93. The Kier molecular flexibility index (Phi) is 5.83. The minimum Gasteiger partial charge on any atom is -0.496 e. The van der Waals surface area contributed by atoms with Crippen molar-refractivity contribution in [1.82, 2.24) is 5.32 Å². The molecule has 1 N–H and O–H groups in total. The lowest BCUT2D eigenvalue weighted by molar-refractivity contribution is 0.405. The van der Waals surface area contributed by atoms with E-state index in [-0.39, 0.29) is 6.04 Å². The summed E-state index contributed by atoms with van der Waals surface area (Å²) >= 11 is 3.49. The Morgan fingerprint density at radius 1 is 1.14 bits per heavy atom. The molecule has 2 aromatic carbocycles. The van der Waals surface area contributed by atoms with Gasteiger partial charge in [0.25, 0.3) is 0 Å². The molecule has 0 aliphatic heterocycles. The monoisotopic (exact) mass is 347 g/mol. The van der Waals surface area contributed by atoms with Crippen LogP contribution in [0.5, 0.6) is 5.75 Å². The van der Waals surface area contributed by atoms with Crippen LogP contribution in [0.1, 0.15) is 36.1 Å². The Labute approximate surface area is 135 Å². The number of nitrogens with one attached hydrogen (secondary N) is 1. The quantitative estimate of drug-likeness (QED) is 0.816. The summed E-state index contributed by atoms with van der Waals surface area (Å²) in [5.74, 6) is 0.890. The van der Waals surface area contributed by atoms with Gasteiger partial charge < -0.3 is 10.1 Å². The molecule has 21 heavy (non-hydrogen) atoms. The molecule has 0 bridgehead atoms. The predicted molar refractivity (Wildman–Crippen MR) is 92.0 cm³/mol. The standard InChI is InChI=1S/C18H22BrNO/c1-4-5-13-6-8-14(9-7-13)18(20-2)16-11-10-15(19)12-17(16)21-3/h6-12,18,20H,4-5H2,1-3H3. The van der Waals surface area contributed by atoms with Crippen LogP contribution in [-0.2, 0) is 6.42 Å². The third-order valence-corrected chi connectivity index (χ3v) is 4.14. The van der Waals surface area contributed by atoms with Crippen molar-refractivity contribution in [3.8, 4) is 5.75 Å². The average Bonchev–Trinajstić information content (AvgIpc) is 2.51. The highest BCUT2D eigenvalue weighted by molar-refractivity contribution is 9.10. The fraction of sp³-hybridized carbons (Fsp3) is 0.333. The van der Waals surface area contributed by atoms with Crippen molar-refractivity contribution >= 4 is 15.9 Å². The number of rotatable bonds is 6. The van der Waals surface area contributed by atoms with E-state index in [4.69, 9.17) is 4.74 Å². The van der Waals surface area contributed by atoms with Crippen molar-refractivity contribution in [3.05, 3.63) is 63.6 Å². The van der Waals surface area contributed by atoms with Gasteiger partial charge in [-0.05, 0) is 36.7 Å². The van der Waals surface area contributed by atoms with Crippen LogP contribution < -0.4 is 10.1 Å². The summed E-state index contributed by atoms with van der Waals surface area (Å²) in [5, 5.41) is 3.38. The van der Waals surface area contributed by atoms with Crippen LogP contribution in [0.25, 0.3) is 0 Å². The van der Waals surface area contributed by atoms with Crippen molar-refractivity contribution in [2.45, 2.75) is 25.8 Å². The third-order valence-electron chi connectivity index (χ3n) is 3.65. The first-order valence-corrected chi connectivity index (χ1v) is 8.08. The van der Waals surface area contributed by atoms with E-state index in [1.165, 1.54) is 17.5 Å². The summed E-state index contributed by atoms with van der Waals surface area (Å²) in [6.45, 7) is 2.21. The Bertz CT molecular complexity index is 580. The van der Waals surface area contributed by atoms with Gasteiger partial charge in [-0.3, -0.25) is 0 Å². The Balaban J connectivity index is 2.35. The molecule has 0 aromatic heterocycles. The molecule has 0 aliphatic carbocycles. The Morgan fingerprint density at radius 3 is 2.43 bits per heavy atom. The summed E-state index contributed by atoms with van der Waals surface area (Å²) in [6, 6.07) is 15.1. The average molecular weight is 348 g/mol. The van der Waals surface area contributed by atoms with E-state index in [1.54, 1.807) is 7.11 Å². The van der Waals surface area contributed by atoms with Crippen LogP contribution in [0, 0.1) is 0 Å². The lowest BCUT2D eigenvalue weighted by atomic mass is 9.96. The zero-order valence-electron chi connectivity index (χ0n) is 12.8. The highest BCUT2D eigenvalue weighted by atomic mass is 79.9. The van der Waals surface area contributed by atoms with Crippen LogP contribution in [0.3, 0.4) is 0 Å². The van der Waals surface area contributed by atoms with Gasteiger partial charge in [0.05, 0.1) is 13.2 Å². The maximum Gasteiger partial charge on any atom is 0.125 e. The topological polar surface area (TPSA) is 21.3 Å². The lowest BCUT2D eigenvalue weighted by Crippen LogP contribution is -2.18. The van der Waals surface area contributed by atoms with Gasteiger partial charge in [0.2, 0.25) is 0 Å². The van der Waals surface area contributed by atoms with E-state index in [0.717, 1.165) is 22.2 Å². The van der Waals surface area contributed by atoms with E-state index in [1.807, 2.05) is 19.2 Å².